The highest BCUT2D eigenvalue weighted by Gasteiger charge is 2.43. The van der Waals surface area contributed by atoms with E-state index in [9.17, 15) is 9.59 Å². The van der Waals surface area contributed by atoms with Crippen LogP contribution in [0, 0.1) is 0 Å². The van der Waals surface area contributed by atoms with Gasteiger partial charge < -0.3 is 15.1 Å². The topological polar surface area (TPSA) is 52.7 Å². The largest absolute Gasteiger partial charge is 0.345 e. The van der Waals surface area contributed by atoms with E-state index in [1.165, 1.54) is 19.3 Å². The molecule has 1 N–H and O–H groups in total. The van der Waals surface area contributed by atoms with E-state index < -0.39 is 0 Å². The zero-order valence-corrected chi connectivity index (χ0v) is 11.8. The molecule has 2 amide bonds. The van der Waals surface area contributed by atoms with Crippen LogP contribution >= 0.6 is 0 Å². The molecule has 3 unspecified atom stereocenters. The first-order valence-corrected chi connectivity index (χ1v) is 7.38. The van der Waals surface area contributed by atoms with Crippen LogP contribution in [-0.2, 0) is 9.59 Å². The molecule has 0 aromatic rings. The van der Waals surface area contributed by atoms with Crippen molar-refractivity contribution in [2.75, 3.05) is 13.6 Å². The van der Waals surface area contributed by atoms with Crippen LogP contribution in [0.5, 0.6) is 0 Å². The highest BCUT2D eigenvalue weighted by molar-refractivity contribution is 5.94. The second-order valence-electron chi connectivity index (χ2n) is 6.22. The fraction of sp³-hybridized carbons (Fsp3) is 0.857. The smallest absolute Gasteiger partial charge is 0.242 e. The van der Waals surface area contributed by atoms with Crippen LogP contribution in [0.1, 0.15) is 39.0 Å². The molecule has 3 aliphatic heterocycles. The summed E-state index contributed by atoms with van der Waals surface area (Å²) in [4.78, 5) is 28.3. The summed E-state index contributed by atoms with van der Waals surface area (Å²) in [6.07, 6.45) is 5.81. The number of fused-ring (bicyclic) bond motifs is 2. The molecule has 3 saturated heterocycles. The van der Waals surface area contributed by atoms with Crippen molar-refractivity contribution in [3.8, 4) is 0 Å². The Bertz CT molecular complexity index is 384. The van der Waals surface area contributed by atoms with Crippen LogP contribution in [0.3, 0.4) is 0 Å². The molecule has 0 radical (unpaired) electrons. The third-order valence-corrected chi connectivity index (χ3v) is 5.21. The van der Waals surface area contributed by atoms with Crippen molar-refractivity contribution in [2.24, 2.45) is 0 Å². The third kappa shape index (κ3) is 2.14. The predicted molar refractivity (Wildman–Crippen MR) is 71.5 cm³/mol. The molecular weight excluding hydrogens is 242 g/mol. The number of nitrogens with zero attached hydrogens (tertiary/aromatic N) is 2. The van der Waals surface area contributed by atoms with Gasteiger partial charge in [-0.3, -0.25) is 9.59 Å². The van der Waals surface area contributed by atoms with Crippen LogP contribution in [0.2, 0.25) is 0 Å². The maximum absolute atomic E-state index is 12.1. The van der Waals surface area contributed by atoms with Gasteiger partial charge in [-0.05, 0) is 39.7 Å². The van der Waals surface area contributed by atoms with Crippen molar-refractivity contribution in [3.05, 3.63) is 0 Å². The Hall–Kier alpha value is -1.10. The fourth-order valence-electron chi connectivity index (χ4n) is 4.08. The fourth-order valence-corrected chi connectivity index (χ4v) is 4.08. The lowest BCUT2D eigenvalue weighted by atomic mass is 9.81. The lowest BCUT2D eigenvalue weighted by Crippen LogP contribution is -2.64. The van der Waals surface area contributed by atoms with Crippen molar-refractivity contribution in [1.29, 1.82) is 0 Å². The minimum absolute atomic E-state index is 0.0105. The van der Waals surface area contributed by atoms with Crippen molar-refractivity contribution >= 4 is 11.8 Å². The highest BCUT2D eigenvalue weighted by atomic mass is 16.2. The van der Waals surface area contributed by atoms with E-state index in [4.69, 9.17) is 0 Å². The molecule has 106 valence electrons. The van der Waals surface area contributed by atoms with Gasteiger partial charge in [-0.2, -0.15) is 0 Å². The van der Waals surface area contributed by atoms with Crippen LogP contribution in [-0.4, -0.2) is 59.4 Å². The Labute approximate surface area is 114 Å². The number of amides is 2. The Morgan fingerprint density at radius 1 is 1.11 bits per heavy atom. The summed E-state index contributed by atoms with van der Waals surface area (Å²) in [5, 5.41) is 2.67. The highest BCUT2D eigenvalue weighted by Crippen LogP contribution is 2.35. The van der Waals surface area contributed by atoms with Gasteiger partial charge in [-0.15, -0.1) is 0 Å². The van der Waals surface area contributed by atoms with Gasteiger partial charge in [0, 0.05) is 18.1 Å². The molecular formula is C14H23N3O2. The molecule has 2 bridgehead atoms. The number of hydrogen-bond acceptors (Lipinski definition) is 3. The van der Waals surface area contributed by atoms with Gasteiger partial charge in [-0.25, -0.2) is 0 Å². The van der Waals surface area contributed by atoms with E-state index in [0.29, 0.717) is 12.1 Å². The van der Waals surface area contributed by atoms with E-state index in [-0.39, 0.29) is 30.4 Å². The average Bonchev–Trinajstić information content (AvgIpc) is 2.35. The van der Waals surface area contributed by atoms with E-state index in [1.54, 1.807) is 0 Å². The van der Waals surface area contributed by atoms with E-state index in [0.717, 1.165) is 12.8 Å². The number of piperidine rings is 2. The Kier molecular flexibility index (Phi) is 3.25. The minimum atomic E-state index is -0.310. The van der Waals surface area contributed by atoms with Crippen LogP contribution in [0.15, 0.2) is 0 Å². The van der Waals surface area contributed by atoms with Gasteiger partial charge in [0.15, 0.2) is 0 Å². The molecule has 19 heavy (non-hydrogen) atoms. The van der Waals surface area contributed by atoms with Crippen LogP contribution in [0.4, 0.5) is 0 Å². The van der Waals surface area contributed by atoms with Gasteiger partial charge in [0.05, 0.1) is 6.54 Å². The number of piperazine rings is 1. The Balaban J connectivity index is 1.78. The molecule has 5 heteroatoms. The summed E-state index contributed by atoms with van der Waals surface area (Å²) in [5.74, 6) is 0.0726. The molecule has 0 saturated carbocycles. The zero-order valence-electron chi connectivity index (χ0n) is 11.8. The lowest BCUT2D eigenvalue weighted by molar-refractivity contribution is -0.150. The average molecular weight is 265 g/mol. The first-order valence-electron chi connectivity index (χ1n) is 7.38. The molecule has 0 aliphatic carbocycles. The molecule has 3 fully saturated rings. The molecule has 3 rings (SSSR count). The number of hydrogen-bond donors (Lipinski definition) is 1. The van der Waals surface area contributed by atoms with E-state index in [2.05, 4.69) is 17.3 Å². The van der Waals surface area contributed by atoms with Crippen molar-refractivity contribution in [3.63, 3.8) is 0 Å². The second kappa shape index (κ2) is 4.78. The first kappa shape index (κ1) is 12.9. The summed E-state index contributed by atoms with van der Waals surface area (Å²) >= 11 is 0. The second-order valence-corrected chi connectivity index (χ2v) is 6.22. The molecule has 3 heterocycles. The van der Waals surface area contributed by atoms with Crippen LogP contribution < -0.4 is 5.32 Å². The molecule has 3 atom stereocenters. The zero-order chi connectivity index (χ0) is 13.6. The molecule has 0 spiro atoms. The predicted octanol–water partition coefficient (Wildman–Crippen LogP) is 0.349. The maximum atomic E-state index is 12.1. The van der Waals surface area contributed by atoms with Gasteiger partial charge in [0.2, 0.25) is 11.8 Å². The maximum Gasteiger partial charge on any atom is 0.242 e. The monoisotopic (exact) mass is 265 g/mol. The van der Waals surface area contributed by atoms with Crippen LogP contribution in [0.25, 0.3) is 0 Å². The molecule has 0 aromatic carbocycles. The van der Waals surface area contributed by atoms with Gasteiger partial charge >= 0.3 is 0 Å². The molecule has 3 aliphatic rings. The third-order valence-electron chi connectivity index (χ3n) is 5.21. The van der Waals surface area contributed by atoms with Gasteiger partial charge in [0.25, 0.3) is 0 Å². The number of rotatable bonds is 1. The van der Waals surface area contributed by atoms with Crippen molar-refractivity contribution in [1.82, 2.24) is 15.1 Å². The molecule has 0 aromatic heterocycles. The number of nitrogens with one attached hydrogen (secondary N) is 1. The normalized spacial score (nSPS) is 40.2. The van der Waals surface area contributed by atoms with Gasteiger partial charge in [0.1, 0.15) is 6.04 Å². The summed E-state index contributed by atoms with van der Waals surface area (Å²) in [6.45, 7) is 2.02. The first-order chi connectivity index (χ1) is 9.08. The van der Waals surface area contributed by atoms with Crippen molar-refractivity contribution < 1.29 is 9.59 Å². The quantitative estimate of drug-likeness (QED) is 0.744. The summed E-state index contributed by atoms with van der Waals surface area (Å²) in [5.41, 5.74) is 0. The summed E-state index contributed by atoms with van der Waals surface area (Å²) in [6, 6.07) is 1.11. The lowest BCUT2D eigenvalue weighted by Gasteiger charge is -2.51. The summed E-state index contributed by atoms with van der Waals surface area (Å²) in [7, 11) is 2.21. The standard InChI is InChI=1S/C14H23N3O2/c1-9-14(19)15-8-13(18)17(9)12-6-10-4-3-5-11(7-12)16(10)2/h9-12H,3-8H2,1-2H3,(H,15,19). The van der Waals surface area contributed by atoms with E-state index in [1.807, 2.05) is 11.8 Å². The molecule has 5 nitrogen and oxygen atoms in total. The Morgan fingerprint density at radius 3 is 2.37 bits per heavy atom. The number of carbonyl (C=O) groups is 2. The minimum Gasteiger partial charge on any atom is -0.345 e. The summed E-state index contributed by atoms with van der Waals surface area (Å²) < 4.78 is 0. The SMILES string of the molecule is CC1C(=O)NCC(=O)N1C1CC2CCCC(C1)N2C. The van der Waals surface area contributed by atoms with Crippen molar-refractivity contribution in [2.45, 2.75) is 63.2 Å². The Morgan fingerprint density at radius 2 is 1.74 bits per heavy atom. The van der Waals surface area contributed by atoms with E-state index >= 15 is 0 Å². The van der Waals surface area contributed by atoms with Gasteiger partial charge in [-0.1, -0.05) is 6.42 Å². The number of carbonyl (C=O) groups excluding carboxylic acids is 2.